The molecule has 1 aromatic rings. The second-order valence-corrected chi connectivity index (χ2v) is 5.28. The standard InChI is InChI=1S/C16H23NO3/c1-17-16(15(18)19-2,14-6-4-3-5-7-14)10-11-20-12-13-8-9-13/h3-7,13,17H,8-12H2,1-2H3. The number of benzene rings is 1. The Balaban J connectivity index is 2.07. The number of rotatable bonds is 8. The van der Waals surface area contributed by atoms with Crippen LogP contribution in [0.3, 0.4) is 0 Å². The van der Waals surface area contributed by atoms with Crippen LogP contribution >= 0.6 is 0 Å². The van der Waals surface area contributed by atoms with E-state index < -0.39 is 5.54 Å². The van der Waals surface area contributed by atoms with Crippen LogP contribution in [0.1, 0.15) is 24.8 Å². The molecule has 0 amide bonds. The van der Waals surface area contributed by atoms with E-state index in [9.17, 15) is 4.79 Å². The van der Waals surface area contributed by atoms with E-state index in [1.165, 1.54) is 20.0 Å². The third kappa shape index (κ3) is 3.38. The topological polar surface area (TPSA) is 47.6 Å². The van der Waals surface area contributed by atoms with Gasteiger partial charge in [-0.05, 0) is 31.4 Å². The number of carbonyl (C=O) groups excluding carboxylic acids is 1. The Hall–Kier alpha value is -1.39. The Morgan fingerprint density at radius 1 is 1.35 bits per heavy atom. The van der Waals surface area contributed by atoms with Gasteiger partial charge < -0.3 is 14.8 Å². The molecule has 1 atom stereocenters. The molecule has 0 aromatic heterocycles. The maximum Gasteiger partial charge on any atom is 0.330 e. The molecule has 1 aliphatic carbocycles. The normalized spacial score (nSPS) is 17.5. The van der Waals surface area contributed by atoms with Gasteiger partial charge in [0, 0.05) is 19.6 Å². The molecule has 110 valence electrons. The predicted octanol–water partition coefficient (Wildman–Crippen LogP) is 2.09. The van der Waals surface area contributed by atoms with Crippen LogP contribution in [0.5, 0.6) is 0 Å². The van der Waals surface area contributed by atoms with Crippen molar-refractivity contribution in [3.63, 3.8) is 0 Å². The van der Waals surface area contributed by atoms with Crippen LogP contribution in [0, 0.1) is 5.92 Å². The maximum atomic E-state index is 12.3. The average molecular weight is 277 g/mol. The van der Waals surface area contributed by atoms with Gasteiger partial charge in [-0.3, -0.25) is 0 Å². The van der Waals surface area contributed by atoms with Gasteiger partial charge in [-0.1, -0.05) is 30.3 Å². The zero-order valence-electron chi connectivity index (χ0n) is 12.2. The number of nitrogens with one attached hydrogen (secondary N) is 1. The highest BCUT2D eigenvalue weighted by Gasteiger charge is 2.39. The second-order valence-electron chi connectivity index (χ2n) is 5.28. The van der Waals surface area contributed by atoms with Gasteiger partial charge in [0.1, 0.15) is 5.54 Å². The molecule has 1 unspecified atom stereocenters. The first-order valence-electron chi connectivity index (χ1n) is 7.13. The lowest BCUT2D eigenvalue weighted by Gasteiger charge is -2.31. The summed E-state index contributed by atoms with van der Waals surface area (Å²) < 4.78 is 10.7. The van der Waals surface area contributed by atoms with Crippen molar-refractivity contribution in [2.75, 3.05) is 27.4 Å². The molecular formula is C16H23NO3. The van der Waals surface area contributed by atoms with Crippen LogP contribution in [0.4, 0.5) is 0 Å². The molecule has 1 aliphatic rings. The van der Waals surface area contributed by atoms with Gasteiger partial charge in [0.15, 0.2) is 0 Å². The molecule has 1 saturated carbocycles. The number of hydrogen-bond acceptors (Lipinski definition) is 4. The zero-order chi connectivity index (χ0) is 14.4. The lowest BCUT2D eigenvalue weighted by atomic mass is 9.87. The first-order valence-corrected chi connectivity index (χ1v) is 7.13. The van der Waals surface area contributed by atoms with Gasteiger partial charge in [0.2, 0.25) is 0 Å². The molecule has 1 N–H and O–H groups in total. The zero-order valence-corrected chi connectivity index (χ0v) is 12.2. The summed E-state index contributed by atoms with van der Waals surface area (Å²) in [6.07, 6.45) is 3.10. The number of esters is 1. The van der Waals surface area contributed by atoms with Crippen LogP contribution < -0.4 is 5.32 Å². The molecule has 0 heterocycles. The predicted molar refractivity (Wildman–Crippen MR) is 77.4 cm³/mol. The number of ether oxygens (including phenoxy) is 2. The summed E-state index contributed by atoms with van der Waals surface area (Å²) in [5, 5.41) is 3.13. The average Bonchev–Trinajstić information content (AvgIpc) is 3.32. The summed E-state index contributed by atoms with van der Waals surface area (Å²) in [6, 6.07) is 9.66. The Kier molecular flexibility index (Phi) is 5.15. The van der Waals surface area contributed by atoms with Crippen molar-refractivity contribution < 1.29 is 14.3 Å². The van der Waals surface area contributed by atoms with Gasteiger partial charge in [0.05, 0.1) is 7.11 Å². The van der Waals surface area contributed by atoms with Crippen molar-refractivity contribution in [3.05, 3.63) is 35.9 Å². The van der Waals surface area contributed by atoms with Crippen molar-refractivity contribution in [2.45, 2.75) is 24.8 Å². The van der Waals surface area contributed by atoms with E-state index >= 15 is 0 Å². The lowest BCUT2D eigenvalue weighted by molar-refractivity contribution is -0.150. The fraction of sp³-hybridized carbons (Fsp3) is 0.562. The van der Waals surface area contributed by atoms with Gasteiger partial charge in [-0.2, -0.15) is 0 Å². The fourth-order valence-corrected chi connectivity index (χ4v) is 2.39. The highest BCUT2D eigenvalue weighted by atomic mass is 16.5. The van der Waals surface area contributed by atoms with E-state index in [-0.39, 0.29) is 5.97 Å². The summed E-state index contributed by atoms with van der Waals surface area (Å²) in [5.41, 5.74) is 0.0731. The lowest BCUT2D eigenvalue weighted by Crippen LogP contribution is -2.49. The molecule has 0 radical (unpaired) electrons. The van der Waals surface area contributed by atoms with Crippen LogP contribution in [-0.2, 0) is 19.8 Å². The third-order valence-corrected chi connectivity index (χ3v) is 3.90. The van der Waals surface area contributed by atoms with Gasteiger partial charge in [-0.25, -0.2) is 4.79 Å². The number of methoxy groups -OCH3 is 1. The van der Waals surface area contributed by atoms with E-state index in [2.05, 4.69) is 5.32 Å². The van der Waals surface area contributed by atoms with E-state index in [4.69, 9.17) is 9.47 Å². The Morgan fingerprint density at radius 3 is 2.60 bits per heavy atom. The fourth-order valence-electron chi connectivity index (χ4n) is 2.39. The molecule has 1 aromatic carbocycles. The summed E-state index contributed by atoms with van der Waals surface area (Å²) in [6.45, 7) is 1.34. The van der Waals surface area contributed by atoms with Crippen LogP contribution in [0.15, 0.2) is 30.3 Å². The molecule has 20 heavy (non-hydrogen) atoms. The van der Waals surface area contributed by atoms with Crippen LogP contribution in [0.25, 0.3) is 0 Å². The first kappa shape index (κ1) is 15.0. The quantitative estimate of drug-likeness (QED) is 0.584. The van der Waals surface area contributed by atoms with Gasteiger partial charge in [-0.15, -0.1) is 0 Å². The van der Waals surface area contributed by atoms with E-state index in [1.54, 1.807) is 7.05 Å². The molecule has 0 bridgehead atoms. The third-order valence-electron chi connectivity index (χ3n) is 3.90. The molecule has 4 heteroatoms. The van der Waals surface area contributed by atoms with Crippen molar-refractivity contribution in [2.24, 2.45) is 5.92 Å². The van der Waals surface area contributed by atoms with Crippen molar-refractivity contribution in [1.29, 1.82) is 0 Å². The second kappa shape index (κ2) is 6.86. The summed E-state index contributed by atoms with van der Waals surface area (Å²) in [7, 11) is 3.20. The van der Waals surface area contributed by atoms with Crippen molar-refractivity contribution in [1.82, 2.24) is 5.32 Å². The maximum absolute atomic E-state index is 12.3. The molecule has 4 nitrogen and oxygen atoms in total. The minimum absolute atomic E-state index is 0.277. The van der Waals surface area contributed by atoms with E-state index in [1.807, 2.05) is 30.3 Å². The smallest absolute Gasteiger partial charge is 0.330 e. The summed E-state index contributed by atoms with van der Waals surface area (Å²) in [4.78, 5) is 12.3. The van der Waals surface area contributed by atoms with E-state index in [0.717, 1.165) is 18.1 Å². The van der Waals surface area contributed by atoms with E-state index in [0.29, 0.717) is 13.0 Å². The SMILES string of the molecule is CNC(CCOCC1CC1)(C(=O)OC)c1ccccc1. The number of likely N-dealkylation sites (N-methyl/N-ethyl adjacent to an activating group) is 1. The Labute approximate surface area is 120 Å². The van der Waals surface area contributed by atoms with Crippen LogP contribution in [-0.4, -0.2) is 33.3 Å². The minimum Gasteiger partial charge on any atom is -0.467 e. The first-order chi connectivity index (χ1) is 9.73. The molecule has 1 fully saturated rings. The Morgan fingerprint density at radius 2 is 2.05 bits per heavy atom. The van der Waals surface area contributed by atoms with Gasteiger partial charge >= 0.3 is 5.97 Å². The molecule has 0 spiro atoms. The van der Waals surface area contributed by atoms with Crippen LogP contribution in [0.2, 0.25) is 0 Å². The molecule has 0 aliphatic heterocycles. The Bertz CT molecular complexity index is 431. The summed E-state index contributed by atoms with van der Waals surface area (Å²) in [5.74, 6) is 0.454. The molecular weight excluding hydrogens is 254 g/mol. The molecule has 2 rings (SSSR count). The minimum atomic E-state index is -0.834. The van der Waals surface area contributed by atoms with Crippen molar-refractivity contribution in [3.8, 4) is 0 Å². The number of carbonyl (C=O) groups is 1. The molecule has 0 saturated heterocycles. The highest BCUT2D eigenvalue weighted by Crippen LogP contribution is 2.30. The number of hydrogen-bond donors (Lipinski definition) is 1. The monoisotopic (exact) mass is 277 g/mol. The largest absolute Gasteiger partial charge is 0.467 e. The van der Waals surface area contributed by atoms with Gasteiger partial charge in [0.25, 0.3) is 0 Å². The summed E-state index contributed by atoms with van der Waals surface area (Å²) >= 11 is 0. The highest BCUT2D eigenvalue weighted by molar-refractivity contribution is 5.82. The van der Waals surface area contributed by atoms with Crippen molar-refractivity contribution >= 4 is 5.97 Å².